The largest absolute Gasteiger partial charge is 0.488 e. The highest BCUT2D eigenvalue weighted by atomic mass is 19.1. The molecule has 0 spiro atoms. The van der Waals surface area contributed by atoms with E-state index in [0.717, 1.165) is 52.5 Å². The van der Waals surface area contributed by atoms with Gasteiger partial charge in [0, 0.05) is 36.2 Å². The van der Waals surface area contributed by atoms with E-state index in [4.69, 9.17) is 9.72 Å². The number of allylic oxidation sites excluding steroid dienone is 1. The Hall–Kier alpha value is -3.98. The van der Waals surface area contributed by atoms with Gasteiger partial charge < -0.3 is 9.30 Å². The van der Waals surface area contributed by atoms with Crippen molar-refractivity contribution in [2.75, 3.05) is 0 Å². The van der Waals surface area contributed by atoms with Crippen molar-refractivity contribution in [3.63, 3.8) is 0 Å². The highest BCUT2D eigenvalue weighted by molar-refractivity contribution is 5.88. The second kappa shape index (κ2) is 8.75. The van der Waals surface area contributed by atoms with Gasteiger partial charge in [0.15, 0.2) is 0 Å². The van der Waals surface area contributed by atoms with Crippen LogP contribution in [0.3, 0.4) is 0 Å². The molecular weight excluding hydrogens is 432 g/mol. The minimum absolute atomic E-state index is 0.102. The zero-order chi connectivity index (χ0) is 23.8. The molecule has 4 aromatic rings. The van der Waals surface area contributed by atoms with Gasteiger partial charge in [-0.3, -0.25) is 0 Å². The van der Waals surface area contributed by atoms with E-state index in [-0.39, 0.29) is 17.9 Å². The third-order valence-corrected chi connectivity index (χ3v) is 6.18. The molecular formula is C28H23F2N3O. The number of rotatable bonds is 4. The van der Waals surface area contributed by atoms with E-state index in [2.05, 4.69) is 23.6 Å². The first-order valence-corrected chi connectivity index (χ1v) is 11.3. The van der Waals surface area contributed by atoms with Crippen LogP contribution >= 0.6 is 0 Å². The lowest BCUT2D eigenvalue weighted by molar-refractivity contribution is 0.303. The first kappa shape index (κ1) is 21.8. The van der Waals surface area contributed by atoms with Crippen LogP contribution in [0.1, 0.15) is 48.3 Å². The van der Waals surface area contributed by atoms with Gasteiger partial charge in [-0.25, -0.2) is 13.8 Å². The van der Waals surface area contributed by atoms with Crippen LogP contribution in [0.25, 0.3) is 16.6 Å². The average Bonchev–Trinajstić information content (AvgIpc) is 3.07. The van der Waals surface area contributed by atoms with Gasteiger partial charge in [0.25, 0.3) is 0 Å². The predicted octanol–water partition coefficient (Wildman–Crippen LogP) is 6.55. The van der Waals surface area contributed by atoms with Crippen molar-refractivity contribution >= 4 is 16.6 Å². The number of hydrogen-bond acceptors (Lipinski definition) is 3. The number of fused-ring (bicyclic) bond motifs is 3. The normalized spacial score (nSPS) is 14.1. The number of aryl methyl sites for hydroxylation is 1. The quantitative estimate of drug-likeness (QED) is 0.328. The molecule has 34 heavy (non-hydrogen) atoms. The first-order valence-electron chi connectivity index (χ1n) is 11.3. The van der Waals surface area contributed by atoms with Gasteiger partial charge in [0.05, 0.1) is 22.7 Å². The van der Waals surface area contributed by atoms with Crippen molar-refractivity contribution in [1.82, 2.24) is 9.55 Å². The molecule has 0 N–H and O–H groups in total. The van der Waals surface area contributed by atoms with Crippen LogP contribution in [-0.2, 0) is 19.6 Å². The Morgan fingerprint density at radius 1 is 1.15 bits per heavy atom. The molecule has 1 aromatic heterocycles. The van der Waals surface area contributed by atoms with E-state index in [1.54, 1.807) is 6.92 Å². The molecule has 4 nitrogen and oxygen atoms in total. The third-order valence-electron chi connectivity index (χ3n) is 6.18. The predicted molar refractivity (Wildman–Crippen MR) is 127 cm³/mol. The fraction of sp³-hybridized carbons (Fsp3) is 0.214. The molecule has 3 aromatic carbocycles. The first-order chi connectivity index (χ1) is 16.5. The van der Waals surface area contributed by atoms with Crippen LogP contribution in [0.4, 0.5) is 8.78 Å². The summed E-state index contributed by atoms with van der Waals surface area (Å²) in [6.45, 7) is 4.54. The molecule has 0 aliphatic carbocycles. The lowest BCUT2D eigenvalue weighted by Gasteiger charge is -2.14. The fourth-order valence-electron chi connectivity index (χ4n) is 4.65. The second-order valence-corrected chi connectivity index (χ2v) is 8.51. The molecule has 0 radical (unpaired) electrons. The van der Waals surface area contributed by atoms with Crippen molar-refractivity contribution in [1.29, 1.82) is 5.26 Å². The fourth-order valence-corrected chi connectivity index (χ4v) is 4.65. The highest BCUT2D eigenvalue weighted by Crippen LogP contribution is 2.41. The van der Waals surface area contributed by atoms with Crippen LogP contribution < -0.4 is 4.74 Å². The summed E-state index contributed by atoms with van der Waals surface area (Å²) in [4.78, 5) is 4.81. The molecule has 1 aliphatic rings. The van der Waals surface area contributed by atoms with Crippen molar-refractivity contribution in [3.05, 3.63) is 99.9 Å². The van der Waals surface area contributed by atoms with Crippen molar-refractivity contribution in [2.24, 2.45) is 0 Å². The molecule has 0 amide bonds. The van der Waals surface area contributed by atoms with Crippen LogP contribution in [0.5, 0.6) is 5.75 Å². The van der Waals surface area contributed by atoms with Crippen LogP contribution in [0.15, 0.2) is 60.2 Å². The molecule has 0 saturated carbocycles. The molecule has 0 unspecified atom stereocenters. The number of nitriles is 1. The Kier molecular flexibility index (Phi) is 5.62. The third kappa shape index (κ3) is 3.73. The van der Waals surface area contributed by atoms with E-state index >= 15 is 0 Å². The minimum atomic E-state index is -0.745. The maximum atomic E-state index is 14.9. The summed E-state index contributed by atoms with van der Waals surface area (Å²) in [6, 6.07) is 18.1. The van der Waals surface area contributed by atoms with E-state index < -0.39 is 11.6 Å². The maximum absolute atomic E-state index is 14.9. The summed E-state index contributed by atoms with van der Waals surface area (Å²) in [6.07, 6.45) is 1.86. The number of nitrogens with zero attached hydrogens (tertiary/aromatic N) is 3. The zero-order valence-corrected chi connectivity index (χ0v) is 19.0. The molecule has 6 heteroatoms. The molecule has 2 heterocycles. The van der Waals surface area contributed by atoms with Gasteiger partial charge >= 0.3 is 0 Å². The monoisotopic (exact) mass is 455 g/mol. The number of halogens is 2. The lowest BCUT2D eigenvalue weighted by atomic mass is 9.90. The standard InChI is InChI=1S/C28H23F2N3O/c1-3-6-26-32-23-7-4-5-8-24(23)33(26)15-18-9-10-21-19(11-18)16-34-25-13-20(29)12-22(30)28(25)27(21)17(2)14-31/h4-5,7-13H,3,6,15-16H2,1-2H3/b27-17+. The SMILES string of the molecule is CCCc1nc2ccccc2n1Cc1ccc2c(c1)COc1cc(F)cc(F)c1/C2=C(\C)C#N. The Morgan fingerprint density at radius 3 is 2.76 bits per heavy atom. The molecule has 0 atom stereocenters. The van der Waals surface area contributed by atoms with E-state index in [0.29, 0.717) is 17.7 Å². The van der Waals surface area contributed by atoms with Crippen molar-refractivity contribution in [3.8, 4) is 11.8 Å². The van der Waals surface area contributed by atoms with Gasteiger partial charge in [-0.05, 0) is 48.2 Å². The van der Waals surface area contributed by atoms with Gasteiger partial charge in [0.2, 0.25) is 0 Å². The lowest BCUT2D eigenvalue weighted by Crippen LogP contribution is -2.06. The summed E-state index contributed by atoms with van der Waals surface area (Å²) in [5.74, 6) is -0.329. The molecule has 170 valence electrons. The molecule has 0 saturated heterocycles. The summed E-state index contributed by atoms with van der Waals surface area (Å²) in [5, 5.41) is 9.63. The van der Waals surface area contributed by atoms with Crippen LogP contribution in [0, 0.1) is 23.0 Å². The van der Waals surface area contributed by atoms with E-state index in [9.17, 15) is 14.0 Å². The molecule has 0 bridgehead atoms. The number of benzene rings is 3. The number of para-hydroxylation sites is 2. The smallest absolute Gasteiger partial charge is 0.137 e. The summed E-state index contributed by atoms with van der Waals surface area (Å²) in [5.41, 5.74) is 5.52. The Bertz CT molecular complexity index is 1490. The van der Waals surface area contributed by atoms with Gasteiger partial charge in [-0.1, -0.05) is 31.2 Å². The van der Waals surface area contributed by atoms with Crippen LogP contribution in [-0.4, -0.2) is 9.55 Å². The molecule has 5 rings (SSSR count). The number of aromatic nitrogens is 2. The van der Waals surface area contributed by atoms with Gasteiger partial charge in [-0.2, -0.15) is 5.26 Å². The average molecular weight is 456 g/mol. The molecule has 0 fully saturated rings. The number of hydrogen-bond donors (Lipinski definition) is 0. The van der Waals surface area contributed by atoms with Crippen LogP contribution in [0.2, 0.25) is 0 Å². The molecule has 1 aliphatic heterocycles. The number of imidazole rings is 1. The maximum Gasteiger partial charge on any atom is 0.137 e. The van der Waals surface area contributed by atoms with E-state index in [1.807, 2.05) is 36.4 Å². The van der Waals surface area contributed by atoms with Gasteiger partial charge in [-0.15, -0.1) is 0 Å². The Balaban J connectivity index is 1.62. The minimum Gasteiger partial charge on any atom is -0.488 e. The Morgan fingerprint density at radius 2 is 1.97 bits per heavy atom. The van der Waals surface area contributed by atoms with Crippen molar-refractivity contribution < 1.29 is 13.5 Å². The second-order valence-electron chi connectivity index (χ2n) is 8.51. The topological polar surface area (TPSA) is 50.8 Å². The Labute approximate surface area is 196 Å². The summed E-state index contributed by atoms with van der Waals surface area (Å²) < 4.78 is 36.9. The van der Waals surface area contributed by atoms with Gasteiger partial charge in [0.1, 0.15) is 29.8 Å². The summed E-state index contributed by atoms with van der Waals surface area (Å²) in [7, 11) is 0. The summed E-state index contributed by atoms with van der Waals surface area (Å²) >= 11 is 0. The zero-order valence-electron chi connectivity index (χ0n) is 19.0. The highest BCUT2D eigenvalue weighted by Gasteiger charge is 2.26. The van der Waals surface area contributed by atoms with Crippen molar-refractivity contribution in [2.45, 2.75) is 39.8 Å². The number of ether oxygens (including phenoxy) is 1. The van der Waals surface area contributed by atoms with E-state index in [1.165, 1.54) is 6.07 Å².